The second kappa shape index (κ2) is 8.36. The summed E-state index contributed by atoms with van der Waals surface area (Å²) in [5, 5.41) is 14.3. The van der Waals surface area contributed by atoms with Crippen LogP contribution in [0.4, 0.5) is 5.69 Å². The van der Waals surface area contributed by atoms with Gasteiger partial charge in [0.05, 0.1) is 23.9 Å². The Kier molecular flexibility index (Phi) is 5.50. The molecule has 0 bridgehead atoms. The number of nitriles is 1. The molecule has 7 nitrogen and oxygen atoms in total. The molecule has 0 unspecified atom stereocenters. The predicted molar refractivity (Wildman–Crippen MR) is 98.8 cm³/mol. The zero-order chi connectivity index (χ0) is 19.1. The van der Waals surface area contributed by atoms with Gasteiger partial charge in [0.15, 0.2) is 0 Å². The van der Waals surface area contributed by atoms with Crippen LogP contribution < -0.4 is 10.6 Å². The van der Waals surface area contributed by atoms with Crippen molar-refractivity contribution in [3.63, 3.8) is 0 Å². The summed E-state index contributed by atoms with van der Waals surface area (Å²) in [5.74, 6) is -0.798. The van der Waals surface area contributed by atoms with Crippen molar-refractivity contribution < 1.29 is 9.59 Å². The molecule has 2 heterocycles. The molecule has 0 spiro atoms. The summed E-state index contributed by atoms with van der Waals surface area (Å²) in [4.78, 5) is 32.8. The van der Waals surface area contributed by atoms with Gasteiger partial charge in [0.2, 0.25) is 0 Å². The number of carbonyl (C=O) groups is 2. The minimum Gasteiger partial charge on any atom is -0.346 e. The molecule has 0 saturated heterocycles. The van der Waals surface area contributed by atoms with Crippen molar-refractivity contribution in [3.8, 4) is 6.07 Å². The van der Waals surface area contributed by atoms with Crippen molar-refractivity contribution in [3.05, 3.63) is 89.5 Å². The molecule has 2 N–H and O–H groups in total. The van der Waals surface area contributed by atoms with E-state index in [0.717, 1.165) is 5.69 Å². The summed E-state index contributed by atoms with van der Waals surface area (Å²) in [6, 6.07) is 16.9. The highest BCUT2D eigenvalue weighted by atomic mass is 16.2. The molecule has 0 saturated carbocycles. The third-order valence-electron chi connectivity index (χ3n) is 3.66. The summed E-state index contributed by atoms with van der Waals surface area (Å²) >= 11 is 0. The lowest BCUT2D eigenvalue weighted by Gasteiger charge is -2.07. The highest BCUT2D eigenvalue weighted by Gasteiger charge is 2.12. The maximum atomic E-state index is 12.4. The second-order valence-corrected chi connectivity index (χ2v) is 5.58. The van der Waals surface area contributed by atoms with Gasteiger partial charge in [-0.15, -0.1) is 0 Å². The summed E-state index contributed by atoms with van der Waals surface area (Å²) in [7, 11) is 0. The molecule has 7 heteroatoms. The number of hydrogen-bond donors (Lipinski definition) is 2. The Morgan fingerprint density at radius 1 is 0.963 bits per heavy atom. The first-order chi connectivity index (χ1) is 13.2. The van der Waals surface area contributed by atoms with Crippen LogP contribution in [0.25, 0.3) is 0 Å². The van der Waals surface area contributed by atoms with E-state index >= 15 is 0 Å². The van der Waals surface area contributed by atoms with E-state index in [1.165, 1.54) is 18.3 Å². The van der Waals surface area contributed by atoms with E-state index < -0.39 is 5.91 Å². The number of rotatable bonds is 5. The average molecular weight is 357 g/mol. The Labute approximate surface area is 155 Å². The first-order valence-corrected chi connectivity index (χ1v) is 8.11. The zero-order valence-electron chi connectivity index (χ0n) is 14.2. The lowest BCUT2D eigenvalue weighted by atomic mass is 10.2. The van der Waals surface area contributed by atoms with Crippen molar-refractivity contribution >= 4 is 17.5 Å². The monoisotopic (exact) mass is 357 g/mol. The summed E-state index contributed by atoms with van der Waals surface area (Å²) in [5.41, 5.74) is 2.06. The average Bonchev–Trinajstić information content (AvgIpc) is 2.73. The highest BCUT2D eigenvalue weighted by molar-refractivity contribution is 6.04. The first kappa shape index (κ1) is 17.8. The number of anilines is 1. The Morgan fingerprint density at radius 2 is 1.85 bits per heavy atom. The van der Waals surface area contributed by atoms with Gasteiger partial charge in [-0.3, -0.25) is 19.6 Å². The van der Waals surface area contributed by atoms with E-state index in [1.54, 1.807) is 42.6 Å². The molecule has 27 heavy (non-hydrogen) atoms. The fourth-order valence-corrected chi connectivity index (χ4v) is 2.33. The van der Waals surface area contributed by atoms with Gasteiger partial charge in [-0.25, -0.2) is 0 Å². The van der Waals surface area contributed by atoms with Crippen LogP contribution in [0.15, 0.2) is 67.0 Å². The number of pyridine rings is 2. The van der Waals surface area contributed by atoms with Gasteiger partial charge < -0.3 is 10.6 Å². The molecule has 0 fully saturated rings. The molecule has 0 aliphatic carbocycles. The van der Waals surface area contributed by atoms with E-state index in [1.807, 2.05) is 12.1 Å². The second-order valence-electron chi connectivity index (χ2n) is 5.58. The SMILES string of the molecule is N#Cc1cccc(NC(=O)c2cc(C(=O)NCc3ccccn3)ccn2)c1. The van der Waals surface area contributed by atoms with Gasteiger partial charge in [0.25, 0.3) is 11.8 Å². The molecule has 2 aromatic heterocycles. The minimum absolute atomic E-state index is 0.0999. The van der Waals surface area contributed by atoms with Crippen LogP contribution in [0.2, 0.25) is 0 Å². The number of hydrogen-bond acceptors (Lipinski definition) is 5. The number of nitrogens with one attached hydrogen (secondary N) is 2. The molecule has 3 aromatic rings. The molecule has 0 aliphatic heterocycles. The van der Waals surface area contributed by atoms with Gasteiger partial charge in [-0.2, -0.15) is 5.26 Å². The maximum Gasteiger partial charge on any atom is 0.274 e. The first-order valence-electron chi connectivity index (χ1n) is 8.11. The highest BCUT2D eigenvalue weighted by Crippen LogP contribution is 2.12. The number of aromatic nitrogens is 2. The molecule has 0 atom stereocenters. The van der Waals surface area contributed by atoms with Crippen LogP contribution >= 0.6 is 0 Å². The molecule has 0 aliphatic rings. The van der Waals surface area contributed by atoms with Crippen LogP contribution in [-0.4, -0.2) is 21.8 Å². The van der Waals surface area contributed by atoms with Gasteiger partial charge in [0.1, 0.15) is 5.69 Å². The molecule has 0 radical (unpaired) electrons. The van der Waals surface area contributed by atoms with Gasteiger partial charge >= 0.3 is 0 Å². The summed E-state index contributed by atoms with van der Waals surface area (Å²) < 4.78 is 0. The van der Waals surface area contributed by atoms with Crippen molar-refractivity contribution in [2.45, 2.75) is 6.54 Å². The van der Waals surface area contributed by atoms with Gasteiger partial charge in [-0.1, -0.05) is 12.1 Å². The zero-order valence-corrected chi connectivity index (χ0v) is 14.2. The van der Waals surface area contributed by atoms with Crippen molar-refractivity contribution in [1.82, 2.24) is 15.3 Å². The van der Waals surface area contributed by atoms with Crippen molar-refractivity contribution in [1.29, 1.82) is 5.26 Å². The number of nitrogens with zero attached hydrogens (tertiary/aromatic N) is 3. The van der Waals surface area contributed by atoms with Crippen LogP contribution in [0.3, 0.4) is 0 Å². The summed E-state index contributed by atoms with van der Waals surface area (Å²) in [6.45, 7) is 0.282. The molecule has 1 aromatic carbocycles. The Morgan fingerprint density at radius 3 is 2.63 bits per heavy atom. The fourth-order valence-electron chi connectivity index (χ4n) is 2.33. The van der Waals surface area contributed by atoms with Crippen LogP contribution in [0, 0.1) is 11.3 Å². The van der Waals surface area contributed by atoms with Crippen LogP contribution in [0.5, 0.6) is 0 Å². The van der Waals surface area contributed by atoms with E-state index in [0.29, 0.717) is 16.8 Å². The van der Waals surface area contributed by atoms with E-state index in [2.05, 4.69) is 20.6 Å². The van der Waals surface area contributed by atoms with Crippen LogP contribution in [0.1, 0.15) is 32.1 Å². The molecular weight excluding hydrogens is 342 g/mol. The smallest absolute Gasteiger partial charge is 0.274 e. The van der Waals surface area contributed by atoms with E-state index in [9.17, 15) is 9.59 Å². The molecule has 132 valence electrons. The Balaban J connectivity index is 1.68. The lowest BCUT2D eigenvalue weighted by molar-refractivity contribution is 0.0950. The predicted octanol–water partition coefficient (Wildman–Crippen LogP) is 2.53. The molecule has 2 amide bonds. The van der Waals surface area contributed by atoms with E-state index in [-0.39, 0.29) is 18.1 Å². The van der Waals surface area contributed by atoms with Crippen LogP contribution in [-0.2, 0) is 6.54 Å². The molecular formula is C20H15N5O2. The molecule has 3 rings (SSSR count). The van der Waals surface area contributed by atoms with Crippen molar-refractivity contribution in [2.24, 2.45) is 0 Å². The third kappa shape index (κ3) is 4.74. The minimum atomic E-state index is -0.468. The fraction of sp³-hybridized carbons (Fsp3) is 0.0500. The number of carbonyl (C=O) groups excluding carboxylic acids is 2. The quantitative estimate of drug-likeness (QED) is 0.729. The number of benzene rings is 1. The van der Waals surface area contributed by atoms with Crippen molar-refractivity contribution in [2.75, 3.05) is 5.32 Å². The maximum absolute atomic E-state index is 12.4. The van der Waals surface area contributed by atoms with Gasteiger partial charge in [-0.05, 0) is 42.5 Å². The largest absolute Gasteiger partial charge is 0.346 e. The van der Waals surface area contributed by atoms with Gasteiger partial charge in [0, 0.05) is 23.6 Å². The van der Waals surface area contributed by atoms with E-state index in [4.69, 9.17) is 5.26 Å². The topological polar surface area (TPSA) is 108 Å². The Bertz CT molecular complexity index is 1010. The lowest BCUT2D eigenvalue weighted by Crippen LogP contribution is -2.24. The Hall–Kier alpha value is -4.05. The standard InChI is InChI=1S/C20H15N5O2/c21-12-14-4-3-6-16(10-14)25-20(27)18-11-15(7-9-23-18)19(26)24-13-17-5-1-2-8-22-17/h1-11H,13H2,(H,24,26)(H,25,27). The summed E-state index contributed by atoms with van der Waals surface area (Å²) in [6.07, 6.45) is 3.05. The number of amides is 2. The third-order valence-corrected chi connectivity index (χ3v) is 3.66. The normalized spacial score (nSPS) is 9.89.